The predicted molar refractivity (Wildman–Crippen MR) is 151 cm³/mol. The summed E-state index contributed by atoms with van der Waals surface area (Å²) in [6, 6.07) is 14.4. The molecule has 1 fully saturated rings. The van der Waals surface area contributed by atoms with Crippen molar-refractivity contribution in [1.29, 1.82) is 0 Å². The van der Waals surface area contributed by atoms with Gasteiger partial charge in [-0.05, 0) is 68.7 Å². The SMILES string of the molecule is CNCC(CC(C)C)NC(=O)N1CCC[C@@H]([C@@](O)(CCCCOC)c2cccc(F)c2-c2ccccc2)C1. The summed E-state index contributed by atoms with van der Waals surface area (Å²) in [6.07, 6.45) is 4.44. The molecule has 2 amide bonds. The molecular weight excluding hydrogens is 481 g/mol. The Morgan fingerprint density at radius 1 is 1.18 bits per heavy atom. The minimum Gasteiger partial charge on any atom is -0.385 e. The number of nitrogens with zero attached hydrogens (tertiary/aromatic N) is 1. The van der Waals surface area contributed by atoms with Gasteiger partial charge in [-0.1, -0.05) is 56.3 Å². The highest BCUT2D eigenvalue weighted by Gasteiger charge is 2.43. The van der Waals surface area contributed by atoms with Gasteiger partial charge in [0.25, 0.3) is 0 Å². The van der Waals surface area contributed by atoms with Gasteiger partial charge in [-0.15, -0.1) is 0 Å². The zero-order chi connectivity index (χ0) is 27.5. The van der Waals surface area contributed by atoms with Crippen LogP contribution in [0.2, 0.25) is 0 Å². The molecule has 2 aromatic rings. The summed E-state index contributed by atoms with van der Waals surface area (Å²) in [5.74, 6) is -0.107. The zero-order valence-corrected chi connectivity index (χ0v) is 23.5. The predicted octanol–water partition coefficient (Wildman–Crippen LogP) is 5.55. The Bertz CT molecular complexity index is 1000. The summed E-state index contributed by atoms with van der Waals surface area (Å²) in [6.45, 7) is 6.68. The van der Waals surface area contributed by atoms with Crippen LogP contribution in [0.4, 0.5) is 9.18 Å². The second-order valence-electron chi connectivity index (χ2n) is 11.0. The molecule has 0 spiro atoms. The summed E-state index contributed by atoms with van der Waals surface area (Å²) < 4.78 is 20.6. The molecule has 7 heteroatoms. The van der Waals surface area contributed by atoms with Gasteiger partial charge in [0.2, 0.25) is 0 Å². The van der Waals surface area contributed by atoms with Crippen molar-refractivity contribution in [3.05, 3.63) is 59.9 Å². The first-order chi connectivity index (χ1) is 18.3. The number of amides is 2. The molecule has 38 heavy (non-hydrogen) atoms. The van der Waals surface area contributed by atoms with E-state index >= 15 is 4.39 Å². The summed E-state index contributed by atoms with van der Waals surface area (Å²) in [5, 5.41) is 18.9. The van der Waals surface area contributed by atoms with Gasteiger partial charge in [0.1, 0.15) is 5.82 Å². The number of piperidine rings is 1. The van der Waals surface area contributed by atoms with E-state index in [1.165, 1.54) is 6.07 Å². The fourth-order valence-electron chi connectivity index (χ4n) is 5.81. The highest BCUT2D eigenvalue weighted by Crippen LogP contribution is 2.44. The Balaban J connectivity index is 1.92. The fraction of sp³-hybridized carbons (Fsp3) is 0.581. The average molecular weight is 528 g/mol. The molecule has 0 aliphatic carbocycles. The Morgan fingerprint density at radius 2 is 1.95 bits per heavy atom. The lowest BCUT2D eigenvalue weighted by Gasteiger charge is -2.44. The largest absolute Gasteiger partial charge is 0.385 e. The van der Waals surface area contributed by atoms with Gasteiger partial charge in [-0.25, -0.2) is 9.18 Å². The standard InChI is InChI=1S/C31H46FN3O3/c1-23(2)20-26(21-33-3)34-30(36)35-18-11-14-25(22-35)31(37,17-8-9-19-38-4)27-15-10-16-28(32)29(27)24-12-6-5-7-13-24/h5-7,10,12-13,15-16,23,25-26,33,37H,8-9,11,14,17-22H2,1-4H3,(H,34,36)/t25-,26?,31+/m1/s1. The number of hydrogen-bond acceptors (Lipinski definition) is 4. The van der Waals surface area contributed by atoms with E-state index in [0.717, 1.165) is 37.7 Å². The van der Waals surface area contributed by atoms with Crippen LogP contribution in [-0.4, -0.2) is 62.5 Å². The van der Waals surface area contributed by atoms with E-state index in [4.69, 9.17) is 4.74 Å². The smallest absolute Gasteiger partial charge is 0.317 e. The Morgan fingerprint density at radius 3 is 2.63 bits per heavy atom. The molecule has 1 aliphatic heterocycles. The maximum absolute atomic E-state index is 15.4. The quantitative estimate of drug-likeness (QED) is 0.299. The first-order valence-electron chi connectivity index (χ1n) is 14.1. The van der Waals surface area contributed by atoms with Crippen LogP contribution in [0.5, 0.6) is 0 Å². The number of nitrogens with one attached hydrogen (secondary N) is 2. The van der Waals surface area contributed by atoms with E-state index in [2.05, 4.69) is 24.5 Å². The van der Waals surface area contributed by atoms with Crippen LogP contribution in [-0.2, 0) is 10.3 Å². The van der Waals surface area contributed by atoms with Gasteiger partial charge in [-0.3, -0.25) is 0 Å². The number of carbonyl (C=O) groups excluding carboxylic acids is 1. The van der Waals surface area contributed by atoms with E-state index in [1.54, 1.807) is 13.2 Å². The number of likely N-dealkylation sites (tertiary alicyclic amines) is 1. The van der Waals surface area contributed by atoms with Gasteiger partial charge < -0.3 is 25.4 Å². The molecule has 1 unspecified atom stereocenters. The second-order valence-corrected chi connectivity index (χ2v) is 11.0. The van der Waals surface area contributed by atoms with Crippen LogP contribution < -0.4 is 10.6 Å². The molecule has 0 aromatic heterocycles. The number of likely N-dealkylation sites (N-methyl/N-ethyl adjacent to an activating group) is 1. The summed E-state index contributed by atoms with van der Waals surface area (Å²) in [7, 11) is 3.56. The van der Waals surface area contributed by atoms with Gasteiger partial charge >= 0.3 is 6.03 Å². The minimum absolute atomic E-state index is 0.0358. The Labute approximate surface area is 228 Å². The lowest BCUT2D eigenvalue weighted by molar-refractivity contribution is -0.0561. The van der Waals surface area contributed by atoms with E-state index in [-0.39, 0.29) is 23.8 Å². The molecule has 1 aliphatic rings. The molecule has 3 atom stereocenters. The van der Waals surface area contributed by atoms with Crippen LogP contribution in [0.1, 0.15) is 57.9 Å². The molecule has 6 nitrogen and oxygen atoms in total. The van der Waals surface area contributed by atoms with Crippen molar-refractivity contribution in [1.82, 2.24) is 15.5 Å². The molecule has 2 aromatic carbocycles. The molecule has 210 valence electrons. The highest BCUT2D eigenvalue weighted by molar-refractivity contribution is 5.75. The minimum atomic E-state index is -1.29. The number of urea groups is 1. The van der Waals surface area contributed by atoms with Gasteiger partial charge in [0.05, 0.1) is 5.60 Å². The van der Waals surface area contributed by atoms with E-state index in [0.29, 0.717) is 49.7 Å². The lowest BCUT2D eigenvalue weighted by atomic mass is 9.72. The molecule has 1 heterocycles. The second kappa shape index (κ2) is 14.6. The van der Waals surface area contributed by atoms with Crippen LogP contribution in [0.25, 0.3) is 11.1 Å². The van der Waals surface area contributed by atoms with Crippen LogP contribution in [0.3, 0.4) is 0 Å². The fourth-order valence-corrected chi connectivity index (χ4v) is 5.81. The monoisotopic (exact) mass is 527 g/mol. The highest BCUT2D eigenvalue weighted by atomic mass is 19.1. The van der Waals surface area contributed by atoms with Crippen molar-refractivity contribution >= 4 is 6.03 Å². The normalized spacial score (nSPS) is 18.3. The molecule has 0 radical (unpaired) electrons. The number of hydrogen-bond donors (Lipinski definition) is 3. The number of ether oxygens (including phenoxy) is 1. The van der Waals surface area contributed by atoms with Crippen molar-refractivity contribution in [3.63, 3.8) is 0 Å². The van der Waals surface area contributed by atoms with E-state index in [9.17, 15) is 9.90 Å². The van der Waals surface area contributed by atoms with Gasteiger partial charge in [0.15, 0.2) is 0 Å². The van der Waals surface area contributed by atoms with Gasteiger partial charge in [-0.2, -0.15) is 0 Å². The van der Waals surface area contributed by atoms with Crippen molar-refractivity contribution in [2.24, 2.45) is 11.8 Å². The number of carbonyl (C=O) groups is 1. The van der Waals surface area contributed by atoms with Gasteiger partial charge in [0, 0.05) is 50.9 Å². The maximum atomic E-state index is 15.4. The molecule has 3 rings (SSSR count). The number of unbranched alkanes of at least 4 members (excludes halogenated alkanes) is 1. The van der Waals surface area contributed by atoms with Crippen molar-refractivity contribution in [2.45, 2.75) is 64.0 Å². The maximum Gasteiger partial charge on any atom is 0.317 e. The van der Waals surface area contributed by atoms with E-state index < -0.39 is 5.60 Å². The number of methoxy groups -OCH3 is 1. The summed E-state index contributed by atoms with van der Waals surface area (Å²) in [4.78, 5) is 15.2. The van der Waals surface area contributed by atoms with Crippen molar-refractivity contribution < 1.29 is 19.0 Å². The number of aliphatic hydroxyl groups is 1. The summed E-state index contributed by atoms with van der Waals surface area (Å²) in [5.41, 5.74) is 0.489. The van der Waals surface area contributed by atoms with Crippen LogP contribution in [0.15, 0.2) is 48.5 Å². The molecule has 0 bridgehead atoms. The lowest BCUT2D eigenvalue weighted by Crippen LogP contribution is -2.54. The number of rotatable bonds is 13. The average Bonchev–Trinajstić information content (AvgIpc) is 2.91. The third-order valence-corrected chi connectivity index (χ3v) is 7.62. The van der Waals surface area contributed by atoms with Crippen LogP contribution >= 0.6 is 0 Å². The first kappa shape index (κ1) is 30.1. The van der Waals surface area contributed by atoms with E-state index in [1.807, 2.05) is 48.3 Å². The first-order valence-corrected chi connectivity index (χ1v) is 14.1. The Kier molecular flexibility index (Phi) is 11.6. The number of halogens is 1. The molecule has 1 saturated heterocycles. The molecular formula is C31H46FN3O3. The third kappa shape index (κ3) is 7.78. The summed E-state index contributed by atoms with van der Waals surface area (Å²) >= 11 is 0. The topological polar surface area (TPSA) is 73.8 Å². The van der Waals surface area contributed by atoms with Crippen molar-refractivity contribution in [3.8, 4) is 11.1 Å². The zero-order valence-electron chi connectivity index (χ0n) is 23.5. The Hall–Kier alpha value is -2.48. The third-order valence-electron chi connectivity index (χ3n) is 7.62. The molecule has 0 saturated carbocycles. The van der Waals surface area contributed by atoms with Crippen LogP contribution in [0, 0.1) is 17.7 Å². The van der Waals surface area contributed by atoms with Crippen molar-refractivity contribution in [2.75, 3.05) is 40.4 Å². The number of benzene rings is 2. The molecule has 3 N–H and O–H groups in total.